The van der Waals surface area contributed by atoms with Gasteiger partial charge in [-0.15, -0.1) is 0 Å². The van der Waals surface area contributed by atoms with Gasteiger partial charge < -0.3 is 15.0 Å². The van der Waals surface area contributed by atoms with Crippen molar-refractivity contribution in [2.45, 2.75) is 46.1 Å². The predicted octanol–water partition coefficient (Wildman–Crippen LogP) is 4.10. The third-order valence-electron chi connectivity index (χ3n) is 5.43. The number of benzene rings is 1. The van der Waals surface area contributed by atoms with Gasteiger partial charge in [0.15, 0.2) is 0 Å². The Morgan fingerprint density at radius 1 is 1.14 bits per heavy atom. The van der Waals surface area contributed by atoms with Crippen LogP contribution in [0.5, 0.6) is 5.75 Å². The number of rotatable bonds is 9. The molecule has 28 heavy (non-hydrogen) atoms. The van der Waals surface area contributed by atoms with Crippen LogP contribution >= 0.6 is 0 Å². The predicted molar refractivity (Wildman–Crippen MR) is 116 cm³/mol. The van der Waals surface area contributed by atoms with E-state index in [1.54, 1.807) is 7.11 Å². The van der Waals surface area contributed by atoms with Crippen molar-refractivity contribution in [1.29, 1.82) is 0 Å². The maximum absolute atomic E-state index is 5.24. The van der Waals surface area contributed by atoms with E-state index in [0.717, 1.165) is 62.0 Å². The molecule has 1 aromatic heterocycles. The number of nitrogens with zero attached hydrogens (tertiary/aromatic N) is 4. The van der Waals surface area contributed by atoms with Gasteiger partial charge in [0.25, 0.3) is 0 Å². The number of ether oxygens (including phenoxy) is 1. The second kappa shape index (κ2) is 9.73. The molecular weight excluding hydrogens is 350 g/mol. The number of anilines is 3. The molecule has 0 amide bonds. The van der Waals surface area contributed by atoms with Gasteiger partial charge in [0.05, 0.1) is 7.11 Å². The quantitative estimate of drug-likeness (QED) is 0.703. The number of hydrogen-bond acceptors (Lipinski definition) is 6. The summed E-state index contributed by atoms with van der Waals surface area (Å²) in [6, 6.07) is 10.6. The summed E-state index contributed by atoms with van der Waals surface area (Å²) in [6.45, 7) is 11.0. The highest BCUT2D eigenvalue weighted by atomic mass is 16.5. The highest BCUT2D eigenvalue weighted by Gasteiger charge is 2.27. The molecule has 1 aliphatic rings. The van der Waals surface area contributed by atoms with E-state index in [1.807, 2.05) is 24.3 Å². The minimum atomic E-state index is 0.609. The SMILES string of the molecule is CCCc1cc(N2CCC(N(CC)CC)C2)nc(Nc2ccc(OC)cc2)n1. The molecule has 1 aliphatic heterocycles. The van der Waals surface area contributed by atoms with E-state index in [2.05, 4.69) is 42.0 Å². The molecule has 6 heteroatoms. The van der Waals surface area contributed by atoms with Crippen LogP contribution < -0.4 is 15.0 Å². The van der Waals surface area contributed by atoms with Gasteiger partial charge in [-0.2, -0.15) is 4.98 Å². The molecule has 1 fully saturated rings. The van der Waals surface area contributed by atoms with Gasteiger partial charge >= 0.3 is 0 Å². The molecule has 1 N–H and O–H groups in total. The van der Waals surface area contributed by atoms with Crippen LogP contribution in [0.1, 0.15) is 39.3 Å². The van der Waals surface area contributed by atoms with Gasteiger partial charge in [-0.25, -0.2) is 4.98 Å². The Labute approximate surface area is 168 Å². The first-order valence-corrected chi connectivity index (χ1v) is 10.4. The van der Waals surface area contributed by atoms with Gasteiger partial charge in [-0.1, -0.05) is 27.2 Å². The van der Waals surface area contributed by atoms with Crippen molar-refractivity contribution in [3.8, 4) is 5.75 Å². The third kappa shape index (κ3) is 4.93. The molecule has 0 radical (unpaired) electrons. The highest BCUT2D eigenvalue weighted by Crippen LogP contribution is 2.25. The molecular formula is C22H33N5O. The van der Waals surface area contributed by atoms with Gasteiger partial charge in [0.2, 0.25) is 5.95 Å². The zero-order valence-electron chi connectivity index (χ0n) is 17.6. The molecule has 1 saturated heterocycles. The average molecular weight is 384 g/mol. The Kier molecular flexibility index (Phi) is 7.09. The minimum absolute atomic E-state index is 0.609. The summed E-state index contributed by atoms with van der Waals surface area (Å²) in [5.41, 5.74) is 2.05. The minimum Gasteiger partial charge on any atom is -0.497 e. The van der Waals surface area contributed by atoms with Gasteiger partial charge in [-0.3, -0.25) is 4.90 Å². The highest BCUT2D eigenvalue weighted by molar-refractivity contribution is 5.57. The number of aryl methyl sites for hydroxylation is 1. The van der Waals surface area contributed by atoms with E-state index >= 15 is 0 Å². The maximum Gasteiger partial charge on any atom is 0.229 e. The second-order valence-corrected chi connectivity index (χ2v) is 7.25. The first-order valence-electron chi connectivity index (χ1n) is 10.4. The van der Waals surface area contributed by atoms with Crippen LogP contribution in [0.4, 0.5) is 17.5 Å². The van der Waals surface area contributed by atoms with Crippen molar-refractivity contribution in [2.24, 2.45) is 0 Å². The molecule has 1 aromatic carbocycles. The van der Waals surface area contributed by atoms with Crippen molar-refractivity contribution in [3.63, 3.8) is 0 Å². The van der Waals surface area contributed by atoms with E-state index in [4.69, 9.17) is 14.7 Å². The first kappa shape index (κ1) is 20.4. The molecule has 0 saturated carbocycles. The summed E-state index contributed by atoms with van der Waals surface area (Å²) in [5, 5.41) is 3.36. The van der Waals surface area contributed by atoms with Crippen molar-refractivity contribution in [2.75, 3.05) is 43.5 Å². The van der Waals surface area contributed by atoms with Crippen LogP contribution in [0.15, 0.2) is 30.3 Å². The van der Waals surface area contributed by atoms with Crippen molar-refractivity contribution < 1.29 is 4.74 Å². The van der Waals surface area contributed by atoms with E-state index in [9.17, 15) is 0 Å². The van der Waals surface area contributed by atoms with Crippen molar-refractivity contribution >= 4 is 17.5 Å². The van der Waals surface area contributed by atoms with Gasteiger partial charge in [0.1, 0.15) is 11.6 Å². The fourth-order valence-corrected chi connectivity index (χ4v) is 3.88. The molecule has 1 unspecified atom stereocenters. The smallest absolute Gasteiger partial charge is 0.229 e. The fourth-order valence-electron chi connectivity index (χ4n) is 3.88. The zero-order chi connectivity index (χ0) is 19.9. The summed E-state index contributed by atoms with van der Waals surface area (Å²) in [6.07, 6.45) is 3.22. The number of hydrogen-bond donors (Lipinski definition) is 1. The van der Waals surface area contributed by atoms with Crippen molar-refractivity contribution in [3.05, 3.63) is 36.0 Å². The molecule has 0 bridgehead atoms. The Bertz CT molecular complexity index is 745. The molecule has 152 valence electrons. The lowest BCUT2D eigenvalue weighted by Crippen LogP contribution is -2.37. The summed E-state index contributed by atoms with van der Waals surface area (Å²) in [5.74, 6) is 2.54. The van der Waals surface area contributed by atoms with Crippen LogP contribution in [0.3, 0.4) is 0 Å². The van der Waals surface area contributed by atoms with Crippen LogP contribution in [0, 0.1) is 0 Å². The summed E-state index contributed by atoms with van der Waals surface area (Å²) in [7, 11) is 1.67. The molecule has 0 aliphatic carbocycles. The Morgan fingerprint density at radius 2 is 1.89 bits per heavy atom. The molecule has 1 atom stereocenters. The van der Waals surface area contributed by atoms with E-state index in [1.165, 1.54) is 6.42 Å². The summed E-state index contributed by atoms with van der Waals surface area (Å²) >= 11 is 0. The first-order chi connectivity index (χ1) is 13.7. The number of methoxy groups -OCH3 is 1. The summed E-state index contributed by atoms with van der Waals surface area (Å²) < 4.78 is 5.24. The molecule has 2 heterocycles. The van der Waals surface area contributed by atoms with Crippen molar-refractivity contribution in [1.82, 2.24) is 14.9 Å². The van der Waals surface area contributed by atoms with Crippen LogP contribution in [0.25, 0.3) is 0 Å². The number of nitrogens with one attached hydrogen (secondary N) is 1. The monoisotopic (exact) mass is 383 g/mol. The van der Waals surface area contributed by atoms with Gasteiger partial charge in [-0.05, 0) is 50.2 Å². The van der Waals surface area contributed by atoms with E-state index in [-0.39, 0.29) is 0 Å². The maximum atomic E-state index is 5.24. The lowest BCUT2D eigenvalue weighted by atomic mass is 10.2. The van der Waals surface area contributed by atoms with Crippen LogP contribution in [-0.4, -0.2) is 54.2 Å². The fraction of sp³-hybridized carbons (Fsp3) is 0.545. The Hall–Kier alpha value is -2.34. The van der Waals surface area contributed by atoms with Crippen LogP contribution in [0.2, 0.25) is 0 Å². The Morgan fingerprint density at radius 3 is 2.54 bits per heavy atom. The normalized spacial score (nSPS) is 16.6. The molecule has 2 aromatic rings. The topological polar surface area (TPSA) is 53.5 Å². The summed E-state index contributed by atoms with van der Waals surface area (Å²) in [4.78, 5) is 14.5. The van der Waals surface area contributed by atoms with E-state index < -0.39 is 0 Å². The Balaban J connectivity index is 1.79. The second-order valence-electron chi connectivity index (χ2n) is 7.25. The zero-order valence-corrected chi connectivity index (χ0v) is 17.6. The number of likely N-dealkylation sites (N-methyl/N-ethyl adjacent to an activating group) is 1. The number of aromatic nitrogens is 2. The standard InChI is InChI=1S/C22H33N5O/c1-5-8-18-15-21(27-14-13-19(16-27)26(6-2)7-3)25-22(24-18)23-17-9-11-20(28-4)12-10-17/h9-12,15,19H,5-8,13-14,16H2,1-4H3,(H,23,24,25). The third-order valence-corrected chi connectivity index (χ3v) is 5.43. The average Bonchev–Trinajstić information content (AvgIpc) is 3.20. The lowest BCUT2D eigenvalue weighted by Gasteiger charge is -2.26. The molecule has 3 rings (SSSR count). The van der Waals surface area contributed by atoms with E-state index in [0.29, 0.717) is 12.0 Å². The van der Waals surface area contributed by atoms with Gasteiger partial charge in [0, 0.05) is 36.6 Å². The largest absolute Gasteiger partial charge is 0.497 e. The molecule has 6 nitrogen and oxygen atoms in total. The van der Waals surface area contributed by atoms with Crippen LogP contribution in [-0.2, 0) is 6.42 Å². The lowest BCUT2D eigenvalue weighted by molar-refractivity contribution is 0.232. The molecule has 0 spiro atoms.